The Bertz CT molecular complexity index is 582. The van der Waals surface area contributed by atoms with E-state index in [1.54, 1.807) is 12.1 Å². The maximum atomic E-state index is 13.1. The van der Waals surface area contributed by atoms with E-state index in [0.29, 0.717) is 0 Å². The summed E-state index contributed by atoms with van der Waals surface area (Å²) in [5.74, 6) is 0. The molecule has 0 heterocycles. The third-order valence-corrected chi connectivity index (χ3v) is 12.6. The zero-order valence-corrected chi connectivity index (χ0v) is 24.8. The van der Waals surface area contributed by atoms with Crippen molar-refractivity contribution in [2.75, 3.05) is 18.5 Å². The lowest BCUT2D eigenvalue weighted by atomic mass is 10.1. The van der Waals surface area contributed by atoms with Gasteiger partial charge in [0.2, 0.25) is 0 Å². The maximum absolute atomic E-state index is 13.1. The van der Waals surface area contributed by atoms with Crippen LogP contribution in [-0.2, 0) is 12.3 Å². The first-order valence-electron chi connectivity index (χ1n) is 15.4. The molecule has 0 radical (unpaired) electrons. The molecule has 0 amide bonds. The molecule has 210 valence electrons. The fraction of sp³-hybridized carbons (Fsp3) is 0.812. The second kappa shape index (κ2) is 20.4. The zero-order valence-electron chi connectivity index (χ0n) is 23.9. The van der Waals surface area contributed by atoms with Crippen molar-refractivity contribution in [3.8, 4) is 0 Å². The molecule has 0 nitrogen and oxygen atoms in total. The van der Waals surface area contributed by atoms with Gasteiger partial charge in [-0.1, -0.05) is 110 Å². The van der Waals surface area contributed by atoms with Gasteiger partial charge in [0.1, 0.15) is 0 Å². The van der Waals surface area contributed by atoms with Crippen molar-refractivity contribution in [1.29, 1.82) is 0 Å². The second-order valence-electron chi connectivity index (χ2n) is 11.2. The zero-order chi connectivity index (χ0) is 26.5. The minimum atomic E-state index is -4.25. The van der Waals surface area contributed by atoms with Crippen molar-refractivity contribution in [2.45, 2.75) is 149 Å². The van der Waals surface area contributed by atoms with Crippen LogP contribution in [0.5, 0.6) is 0 Å². The molecule has 0 spiro atoms. The molecule has 1 rings (SSSR count). The second-order valence-corrected chi connectivity index (χ2v) is 15.5. The molecule has 1 aromatic carbocycles. The first-order chi connectivity index (χ1) is 17.4. The molecule has 0 atom stereocenters. The van der Waals surface area contributed by atoms with Crippen LogP contribution in [0.15, 0.2) is 24.3 Å². The summed E-state index contributed by atoms with van der Waals surface area (Å²) in [4.78, 5) is 0. The quantitative estimate of drug-likeness (QED) is 0.0976. The predicted molar refractivity (Wildman–Crippen MR) is 157 cm³/mol. The van der Waals surface area contributed by atoms with Crippen LogP contribution < -0.4 is 0 Å². The summed E-state index contributed by atoms with van der Waals surface area (Å²) in [7, 11) is -1.22. The van der Waals surface area contributed by atoms with Gasteiger partial charge in [-0.2, -0.15) is 13.2 Å². The number of rotatable bonds is 23. The van der Waals surface area contributed by atoms with Gasteiger partial charge in [-0.25, -0.2) is 0 Å². The molecular formula is C32H57F3P+. The average molecular weight is 530 g/mol. The molecule has 0 bridgehead atoms. The Balaban J connectivity index is 2.90. The van der Waals surface area contributed by atoms with E-state index in [0.717, 1.165) is 11.7 Å². The molecule has 0 aliphatic heterocycles. The number of hydrogen-bond donors (Lipinski definition) is 0. The Hall–Kier alpha value is -0.560. The van der Waals surface area contributed by atoms with E-state index < -0.39 is 19.0 Å². The Kier molecular flexibility index (Phi) is 19.0. The summed E-state index contributed by atoms with van der Waals surface area (Å²) in [5.41, 5.74) is 0.622. The van der Waals surface area contributed by atoms with Crippen LogP contribution >= 0.6 is 7.26 Å². The molecule has 4 heteroatoms. The average Bonchev–Trinajstić information content (AvgIpc) is 2.85. The molecule has 0 aliphatic carbocycles. The normalized spacial score (nSPS) is 12.4. The van der Waals surface area contributed by atoms with Crippen molar-refractivity contribution in [1.82, 2.24) is 0 Å². The number of unbranched alkanes of at least 4 members (excludes halogenated alkanes) is 15. The molecule has 0 N–H and O–H groups in total. The first kappa shape index (κ1) is 33.5. The van der Waals surface area contributed by atoms with Gasteiger partial charge in [0.15, 0.2) is 0 Å². The number of benzene rings is 1. The van der Waals surface area contributed by atoms with Gasteiger partial charge in [0.25, 0.3) is 0 Å². The molecule has 0 aromatic heterocycles. The topological polar surface area (TPSA) is 0 Å². The van der Waals surface area contributed by atoms with E-state index in [2.05, 4.69) is 20.8 Å². The SMILES string of the molecule is CCCCCCCC[P+](CCCCCCCC)(CCCCCCCC)Cc1ccc(C(F)(F)F)cc1. The van der Waals surface area contributed by atoms with Gasteiger partial charge in [-0.15, -0.1) is 0 Å². The summed E-state index contributed by atoms with van der Waals surface area (Å²) in [6.45, 7) is 6.80. The fourth-order valence-corrected chi connectivity index (χ4v) is 10.3. The van der Waals surface area contributed by atoms with Crippen LogP contribution in [0.4, 0.5) is 13.2 Å². The molecule has 0 unspecified atom stereocenters. The van der Waals surface area contributed by atoms with Crippen LogP contribution in [0.25, 0.3) is 0 Å². The Morgan fingerprint density at radius 1 is 0.500 bits per heavy atom. The maximum Gasteiger partial charge on any atom is 0.416 e. The van der Waals surface area contributed by atoms with E-state index in [4.69, 9.17) is 0 Å². The Morgan fingerprint density at radius 3 is 1.17 bits per heavy atom. The van der Waals surface area contributed by atoms with Crippen molar-refractivity contribution in [3.63, 3.8) is 0 Å². The van der Waals surface area contributed by atoms with E-state index in [1.807, 2.05) is 0 Å². The van der Waals surface area contributed by atoms with Crippen LogP contribution in [0, 0.1) is 0 Å². The molecule has 0 fully saturated rings. The summed E-state index contributed by atoms with van der Waals surface area (Å²) < 4.78 is 39.4. The van der Waals surface area contributed by atoms with E-state index in [1.165, 1.54) is 146 Å². The van der Waals surface area contributed by atoms with Gasteiger partial charge in [0, 0.05) is 7.26 Å². The highest BCUT2D eigenvalue weighted by Crippen LogP contribution is 2.63. The Labute approximate surface area is 223 Å². The highest BCUT2D eigenvalue weighted by atomic mass is 31.2. The predicted octanol–water partition coefficient (Wildman–Crippen LogP) is 12.3. The summed E-state index contributed by atoms with van der Waals surface area (Å²) in [6.07, 6.45) is 24.6. The highest BCUT2D eigenvalue weighted by Gasteiger charge is 2.36. The van der Waals surface area contributed by atoms with Gasteiger partial charge < -0.3 is 0 Å². The van der Waals surface area contributed by atoms with Crippen molar-refractivity contribution >= 4 is 7.26 Å². The van der Waals surface area contributed by atoms with E-state index in [-0.39, 0.29) is 0 Å². The van der Waals surface area contributed by atoms with Crippen molar-refractivity contribution in [3.05, 3.63) is 35.4 Å². The van der Waals surface area contributed by atoms with E-state index in [9.17, 15) is 13.2 Å². The third kappa shape index (κ3) is 15.6. The monoisotopic (exact) mass is 529 g/mol. The molecule has 36 heavy (non-hydrogen) atoms. The minimum absolute atomic E-state index is 0.516. The standard InChI is InChI=1S/C32H57F3P/c1-4-7-10-13-16-19-26-36(27-20-17-14-11-8-5-2,28-21-18-15-12-9-6-3)29-30-22-24-31(25-23-30)32(33,34)35/h22-25H,4-21,26-29H2,1-3H3/q+1. The largest absolute Gasteiger partial charge is 0.416 e. The number of hydrogen-bond acceptors (Lipinski definition) is 0. The van der Waals surface area contributed by atoms with Gasteiger partial charge in [-0.05, 0) is 56.2 Å². The third-order valence-electron chi connectivity index (χ3n) is 7.76. The number of alkyl halides is 3. The summed E-state index contributed by atoms with van der Waals surface area (Å²) >= 11 is 0. The molecule has 1 aromatic rings. The van der Waals surface area contributed by atoms with Crippen LogP contribution in [0.1, 0.15) is 147 Å². The lowest BCUT2D eigenvalue weighted by Gasteiger charge is -2.29. The fourth-order valence-electron chi connectivity index (χ4n) is 5.44. The lowest BCUT2D eigenvalue weighted by Crippen LogP contribution is -2.12. The summed E-state index contributed by atoms with van der Waals surface area (Å²) in [5, 5.41) is 0. The highest BCUT2D eigenvalue weighted by molar-refractivity contribution is 7.75. The van der Waals surface area contributed by atoms with Crippen molar-refractivity contribution < 1.29 is 13.2 Å². The number of halogens is 3. The minimum Gasteiger partial charge on any atom is -0.166 e. The molecular weight excluding hydrogens is 472 g/mol. The lowest BCUT2D eigenvalue weighted by molar-refractivity contribution is -0.137. The van der Waals surface area contributed by atoms with Gasteiger partial charge in [0.05, 0.1) is 30.2 Å². The smallest absolute Gasteiger partial charge is 0.166 e. The van der Waals surface area contributed by atoms with Crippen LogP contribution in [0.3, 0.4) is 0 Å². The van der Waals surface area contributed by atoms with Crippen LogP contribution in [0.2, 0.25) is 0 Å². The molecule has 0 aliphatic rings. The summed E-state index contributed by atoms with van der Waals surface area (Å²) in [6, 6.07) is 6.18. The molecule has 0 saturated heterocycles. The molecule has 0 saturated carbocycles. The Morgan fingerprint density at radius 2 is 0.833 bits per heavy atom. The van der Waals surface area contributed by atoms with Crippen LogP contribution in [-0.4, -0.2) is 18.5 Å². The van der Waals surface area contributed by atoms with Crippen molar-refractivity contribution in [2.24, 2.45) is 0 Å². The van der Waals surface area contributed by atoms with Gasteiger partial charge >= 0.3 is 6.18 Å². The van der Waals surface area contributed by atoms with E-state index >= 15 is 0 Å². The first-order valence-corrected chi connectivity index (χ1v) is 17.9. The van der Waals surface area contributed by atoms with Gasteiger partial charge in [-0.3, -0.25) is 0 Å².